The number of amides is 1. The first-order valence-electron chi connectivity index (χ1n) is 8.27. The van der Waals surface area contributed by atoms with E-state index < -0.39 is 5.60 Å². The van der Waals surface area contributed by atoms with Crippen molar-refractivity contribution in [2.24, 2.45) is 5.92 Å². The van der Waals surface area contributed by atoms with Crippen LogP contribution in [0.1, 0.15) is 39.2 Å². The van der Waals surface area contributed by atoms with Gasteiger partial charge in [-0.3, -0.25) is 0 Å². The van der Waals surface area contributed by atoms with Crippen LogP contribution in [-0.2, 0) is 11.3 Å². The van der Waals surface area contributed by atoms with Crippen LogP contribution in [-0.4, -0.2) is 36.2 Å². The zero-order chi connectivity index (χ0) is 16.9. The van der Waals surface area contributed by atoms with Crippen LogP contribution in [0, 0.1) is 11.7 Å². The highest BCUT2D eigenvalue weighted by molar-refractivity contribution is 5.68. The van der Waals surface area contributed by atoms with E-state index in [0.29, 0.717) is 24.6 Å². The minimum atomic E-state index is -0.465. The number of nitrogens with zero attached hydrogens (tertiary/aromatic N) is 1. The molecule has 1 N–H and O–H groups in total. The minimum Gasteiger partial charge on any atom is -0.444 e. The topological polar surface area (TPSA) is 41.6 Å². The summed E-state index contributed by atoms with van der Waals surface area (Å²) in [5.74, 6) is 0.196. The van der Waals surface area contributed by atoms with Crippen molar-refractivity contribution in [1.29, 1.82) is 0 Å². The fourth-order valence-electron chi connectivity index (χ4n) is 2.78. The van der Waals surface area contributed by atoms with E-state index in [2.05, 4.69) is 5.32 Å². The van der Waals surface area contributed by atoms with Gasteiger partial charge in [0.1, 0.15) is 11.4 Å². The maximum atomic E-state index is 13.6. The first-order chi connectivity index (χ1) is 10.8. The van der Waals surface area contributed by atoms with Crippen LogP contribution < -0.4 is 5.32 Å². The molecule has 23 heavy (non-hydrogen) atoms. The Labute approximate surface area is 138 Å². The molecule has 1 amide bonds. The molecular weight excluding hydrogens is 295 g/mol. The fraction of sp³-hybridized carbons (Fsp3) is 0.611. The maximum Gasteiger partial charge on any atom is 0.410 e. The van der Waals surface area contributed by atoms with Crippen molar-refractivity contribution < 1.29 is 13.9 Å². The number of ether oxygens (including phenoxy) is 1. The molecule has 1 fully saturated rings. The Hall–Kier alpha value is -1.62. The van der Waals surface area contributed by atoms with Gasteiger partial charge < -0.3 is 15.0 Å². The smallest absolute Gasteiger partial charge is 0.410 e. The molecule has 1 atom stereocenters. The minimum absolute atomic E-state index is 0.181. The molecule has 2 rings (SSSR count). The van der Waals surface area contributed by atoms with Crippen LogP contribution in [0.5, 0.6) is 0 Å². The highest BCUT2D eigenvalue weighted by Crippen LogP contribution is 2.19. The Kier molecular flexibility index (Phi) is 5.99. The lowest BCUT2D eigenvalue weighted by atomic mass is 9.98. The van der Waals surface area contributed by atoms with Crippen molar-refractivity contribution >= 4 is 6.09 Å². The molecule has 0 aromatic heterocycles. The third-order valence-electron chi connectivity index (χ3n) is 3.88. The zero-order valence-electron chi connectivity index (χ0n) is 14.3. The van der Waals surface area contributed by atoms with E-state index >= 15 is 0 Å². The molecule has 4 nitrogen and oxygen atoms in total. The molecule has 0 aliphatic carbocycles. The highest BCUT2D eigenvalue weighted by atomic mass is 19.1. The summed E-state index contributed by atoms with van der Waals surface area (Å²) in [6, 6.07) is 6.79. The van der Waals surface area contributed by atoms with Crippen molar-refractivity contribution in [2.45, 2.75) is 45.8 Å². The van der Waals surface area contributed by atoms with Crippen LogP contribution in [0.15, 0.2) is 24.3 Å². The number of hydrogen-bond acceptors (Lipinski definition) is 3. The first kappa shape index (κ1) is 17.7. The zero-order valence-corrected chi connectivity index (χ0v) is 14.3. The number of likely N-dealkylation sites (tertiary alicyclic amines) is 1. The van der Waals surface area contributed by atoms with Crippen molar-refractivity contribution in [3.05, 3.63) is 35.6 Å². The van der Waals surface area contributed by atoms with Gasteiger partial charge in [0.25, 0.3) is 0 Å². The second-order valence-corrected chi connectivity index (χ2v) is 7.16. The highest BCUT2D eigenvalue weighted by Gasteiger charge is 2.27. The molecule has 1 saturated heterocycles. The fourth-order valence-corrected chi connectivity index (χ4v) is 2.78. The normalized spacial score (nSPS) is 18.8. The summed E-state index contributed by atoms with van der Waals surface area (Å²) in [6.07, 6.45) is 1.81. The van der Waals surface area contributed by atoms with E-state index in [1.807, 2.05) is 26.8 Å². The molecule has 0 unspecified atom stereocenters. The van der Waals surface area contributed by atoms with E-state index in [-0.39, 0.29) is 11.9 Å². The summed E-state index contributed by atoms with van der Waals surface area (Å²) in [6.45, 7) is 8.36. The summed E-state index contributed by atoms with van der Waals surface area (Å²) in [4.78, 5) is 13.9. The summed E-state index contributed by atoms with van der Waals surface area (Å²) < 4.78 is 19.0. The standard InChI is InChI=1S/C18H27FN2O2/c1-18(2,3)23-17(22)21-10-6-7-14(13-21)11-20-12-15-8-4-5-9-16(15)19/h4-5,8-9,14,20H,6-7,10-13H2,1-3H3/t14-/m1/s1. The van der Waals surface area contributed by atoms with Crippen LogP contribution >= 0.6 is 0 Å². The summed E-state index contributed by atoms with van der Waals surface area (Å²) in [5.41, 5.74) is 0.208. The van der Waals surface area contributed by atoms with Gasteiger partial charge in [0.15, 0.2) is 0 Å². The number of nitrogens with one attached hydrogen (secondary N) is 1. The number of benzene rings is 1. The summed E-state index contributed by atoms with van der Waals surface area (Å²) >= 11 is 0. The molecule has 0 saturated carbocycles. The molecule has 1 aliphatic heterocycles. The van der Waals surface area contributed by atoms with Gasteiger partial charge in [-0.2, -0.15) is 0 Å². The number of rotatable bonds is 4. The Balaban J connectivity index is 1.78. The van der Waals surface area contributed by atoms with E-state index in [0.717, 1.165) is 25.9 Å². The molecule has 0 spiro atoms. The van der Waals surface area contributed by atoms with E-state index in [1.54, 1.807) is 17.0 Å². The number of carbonyl (C=O) groups is 1. The van der Waals surface area contributed by atoms with Gasteiger partial charge in [0, 0.05) is 25.2 Å². The third-order valence-corrected chi connectivity index (χ3v) is 3.88. The molecule has 0 radical (unpaired) electrons. The van der Waals surface area contributed by atoms with Gasteiger partial charge in [-0.1, -0.05) is 18.2 Å². The van der Waals surface area contributed by atoms with Crippen molar-refractivity contribution in [3.8, 4) is 0 Å². The lowest BCUT2D eigenvalue weighted by molar-refractivity contribution is 0.0166. The van der Waals surface area contributed by atoms with Crippen LogP contribution in [0.2, 0.25) is 0 Å². The predicted octanol–water partition coefficient (Wildman–Crippen LogP) is 3.56. The molecule has 1 aromatic carbocycles. The molecule has 1 aromatic rings. The number of hydrogen-bond donors (Lipinski definition) is 1. The Morgan fingerprint density at radius 3 is 2.83 bits per heavy atom. The average Bonchev–Trinajstić information content (AvgIpc) is 2.48. The van der Waals surface area contributed by atoms with Gasteiger partial charge in [0.2, 0.25) is 0 Å². The first-order valence-corrected chi connectivity index (χ1v) is 8.27. The maximum absolute atomic E-state index is 13.6. The second-order valence-electron chi connectivity index (χ2n) is 7.16. The van der Waals surface area contributed by atoms with Crippen LogP contribution in [0.3, 0.4) is 0 Å². The van der Waals surface area contributed by atoms with E-state index in [9.17, 15) is 9.18 Å². The van der Waals surface area contributed by atoms with Gasteiger partial charge in [-0.05, 0) is 52.1 Å². The number of piperidine rings is 1. The summed E-state index contributed by atoms with van der Waals surface area (Å²) in [5, 5.41) is 3.30. The molecule has 0 bridgehead atoms. The Bertz CT molecular complexity index is 528. The molecule has 1 heterocycles. The van der Waals surface area contributed by atoms with Gasteiger partial charge in [0.05, 0.1) is 0 Å². The van der Waals surface area contributed by atoms with Crippen LogP contribution in [0.4, 0.5) is 9.18 Å². The summed E-state index contributed by atoms with van der Waals surface area (Å²) in [7, 11) is 0. The lowest BCUT2D eigenvalue weighted by Gasteiger charge is -2.34. The quantitative estimate of drug-likeness (QED) is 0.921. The lowest BCUT2D eigenvalue weighted by Crippen LogP contribution is -2.45. The monoisotopic (exact) mass is 322 g/mol. The number of halogens is 1. The molecular formula is C18H27FN2O2. The third kappa shape index (κ3) is 5.82. The van der Waals surface area contributed by atoms with Crippen molar-refractivity contribution in [1.82, 2.24) is 10.2 Å². The SMILES string of the molecule is CC(C)(C)OC(=O)N1CCC[C@H](CNCc2ccccc2F)C1. The van der Waals surface area contributed by atoms with Gasteiger partial charge in [-0.25, -0.2) is 9.18 Å². The van der Waals surface area contributed by atoms with Crippen LogP contribution in [0.25, 0.3) is 0 Å². The van der Waals surface area contributed by atoms with Gasteiger partial charge in [-0.15, -0.1) is 0 Å². The average molecular weight is 322 g/mol. The van der Waals surface area contributed by atoms with Gasteiger partial charge >= 0.3 is 6.09 Å². The largest absolute Gasteiger partial charge is 0.444 e. The molecule has 1 aliphatic rings. The second kappa shape index (κ2) is 7.77. The Morgan fingerprint density at radius 2 is 2.13 bits per heavy atom. The van der Waals surface area contributed by atoms with E-state index in [4.69, 9.17) is 4.74 Å². The predicted molar refractivity (Wildman–Crippen MR) is 88.6 cm³/mol. The van der Waals surface area contributed by atoms with E-state index in [1.165, 1.54) is 6.07 Å². The molecule has 128 valence electrons. The van der Waals surface area contributed by atoms with Crippen molar-refractivity contribution in [2.75, 3.05) is 19.6 Å². The Morgan fingerprint density at radius 1 is 1.39 bits per heavy atom. The van der Waals surface area contributed by atoms with Crippen molar-refractivity contribution in [3.63, 3.8) is 0 Å². The molecule has 5 heteroatoms. The number of carbonyl (C=O) groups excluding carboxylic acids is 1.